The molecular weight excluding hydrogens is 514 g/mol. The van der Waals surface area contributed by atoms with E-state index in [1.807, 2.05) is 65.7 Å². The molecule has 1 unspecified atom stereocenters. The lowest BCUT2D eigenvalue weighted by atomic mass is 9.97. The third-order valence-corrected chi connectivity index (χ3v) is 7.56. The molecule has 1 atom stereocenters. The van der Waals surface area contributed by atoms with Gasteiger partial charge in [-0.2, -0.15) is 0 Å². The van der Waals surface area contributed by atoms with Gasteiger partial charge < -0.3 is 9.47 Å². The van der Waals surface area contributed by atoms with Crippen LogP contribution in [0, 0.1) is 6.92 Å². The predicted molar refractivity (Wildman–Crippen MR) is 144 cm³/mol. The Morgan fingerprint density at radius 1 is 0.889 bits per heavy atom. The van der Waals surface area contributed by atoms with E-state index in [0.717, 1.165) is 39.9 Å². The Labute approximate surface area is 219 Å². The Bertz CT molecular complexity index is 1440. The zero-order chi connectivity index (χ0) is 24.8. The lowest BCUT2D eigenvalue weighted by Crippen LogP contribution is -2.47. The van der Waals surface area contributed by atoms with E-state index < -0.39 is 0 Å². The second-order valence-electron chi connectivity index (χ2n) is 9.54. The van der Waals surface area contributed by atoms with E-state index >= 15 is 0 Å². The minimum Gasteiger partial charge on any atom is -0.326 e. The molecule has 1 fully saturated rings. The van der Waals surface area contributed by atoms with Crippen molar-refractivity contribution in [3.05, 3.63) is 118 Å². The highest BCUT2D eigenvalue weighted by Crippen LogP contribution is 2.42. The summed E-state index contributed by atoms with van der Waals surface area (Å²) in [7, 11) is 0. The monoisotopic (exact) mass is 539 g/mol. The third-order valence-electron chi connectivity index (χ3n) is 7.03. The molecule has 0 spiro atoms. The van der Waals surface area contributed by atoms with E-state index in [-0.39, 0.29) is 30.4 Å². The fourth-order valence-electron chi connectivity index (χ4n) is 5.06. The molecule has 180 valence electrons. The van der Waals surface area contributed by atoms with Crippen molar-refractivity contribution in [1.82, 2.24) is 9.47 Å². The van der Waals surface area contributed by atoms with Crippen LogP contribution in [0.1, 0.15) is 46.1 Å². The van der Waals surface area contributed by atoms with Crippen molar-refractivity contribution in [2.24, 2.45) is 0 Å². The molecule has 0 N–H and O–H groups in total. The van der Waals surface area contributed by atoms with Crippen LogP contribution in [0.15, 0.2) is 95.6 Å². The van der Waals surface area contributed by atoms with Gasteiger partial charge in [-0.3, -0.25) is 14.5 Å². The van der Waals surface area contributed by atoms with Gasteiger partial charge in [-0.1, -0.05) is 57.9 Å². The lowest BCUT2D eigenvalue weighted by Gasteiger charge is -2.39. The number of anilines is 1. The van der Waals surface area contributed by atoms with Gasteiger partial charge in [0, 0.05) is 22.3 Å². The number of para-hydroxylation sites is 2. The van der Waals surface area contributed by atoms with Gasteiger partial charge in [0.25, 0.3) is 5.91 Å². The van der Waals surface area contributed by atoms with E-state index in [9.17, 15) is 9.59 Å². The van der Waals surface area contributed by atoms with E-state index in [1.165, 1.54) is 5.56 Å². The molecule has 2 aliphatic rings. The number of halogens is 1. The number of hydrogen-bond donors (Lipinski definition) is 0. The van der Waals surface area contributed by atoms with Gasteiger partial charge in [0.2, 0.25) is 5.91 Å². The number of aryl methyl sites for hydroxylation is 1. The molecule has 0 saturated heterocycles. The zero-order valence-corrected chi connectivity index (χ0v) is 21.6. The number of nitrogens with zero attached hydrogens (tertiary/aromatic N) is 3. The van der Waals surface area contributed by atoms with Crippen LogP contribution >= 0.6 is 15.9 Å². The van der Waals surface area contributed by atoms with Crippen LogP contribution in [-0.4, -0.2) is 33.9 Å². The number of hydrogen-bond acceptors (Lipinski definition) is 2. The first-order valence-corrected chi connectivity index (χ1v) is 13.0. The summed E-state index contributed by atoms with van der Waals surface area (Å²) in [5, 5.41) is 0. The summed E-state index contributed by atoms with van der Waals surface area (Å²) in [4.78, 5) is 31.3. The van der Waals surface area contributed by atoms with E-state index in [2.05, 4.69) is 57.8 Å². The molecule has 3 aromatic carbocycles. The first-order valence-electron chi connectivity index (χ1n) is 12.2. The molecule has 6 rings (SSSR count). The fourth-order valence-corrected chi connectivity index (χ4v) is 5.32. The Kier molecular flexibility index (Phi) is 5.76. The van der Waals surface area contributed by atoms with Gasteiger partial charge in [0.1, 0.15) is 12.6 Å². The molecule has 0 radical (unpaired) electrons. The number of benzene rings is 3. The molecule has 2 amide bonds. The third kappa shape index (κ3) is 4.05. The number of amides is 2. The van der Waals surface area contributed by atoms with Crippen molar-refractivity contribution < 1.29 is 9.59 Å². The molecule has 5 nitrogen and oxygen atoms in total. The van der Waals surface area contributed by atoms with Crippen LogP contribution in [0.2, 0.25) is 0 Å². The second-order valence-corrected chi connectivity index (χ2v) is 10.5. The van der Waals surface area contributed by atoms with Crippen molar-refractivity contribution >= 4 is 33.4 Å². The smallest absolute Gasteiger partial charge is 0.254 e. The maximum absolute atomic E-state index is 14.2. The predicted octanol–water partition coefficient (Wildman–Crippen LogP) is 6.29. The fraction of sp³-hybridized carbons (Fsp3) is 0.200. The SMILES string of the molecule is Cc1ccc(C2c3cccn3-c3ccccc3N2C(=O)CN(C(=O)c2ccc(Br)cc2)C2CC2)cc1. The highest BCUT2D eigenvalue weighted by Gasteiger charge is 2.40. The molecule has 6 heteroatoms. The number of carbonyl (C=O) groups excluding carboxylic acids is 2. The normalized spacial score (nSPS) is 16.3. The van der Waals surface area contributed by atoms with Crippen molar-refractivity contribution in [1.29, 1.82) is 0 Å². The number of carbonyl (C=O) groups is 2. The molecule has 1 aromatic heterocycles. The van der Waals surface area contributed by atoms with Crippen molar-refractivity contribution in [3.63, 3.8) is 0 Å². The summed E-state index contributed by atoms with van der Waals surface area (Å²) in [6, 6.07) is 27.6. The van der Waals surface area contributed by atoms with Gasteiger partial charge >= 0.3 is 0 Å². The van der Waals surface area contributed by atoms with Crippen LogP contribution in [-0.2, 0) is 4.79 Å². The molecule has 2 heterocycles. The van der Waals surface area contributed by atoms with E-state index in [1.54, 1.807) is 4.90 Å². The Morgan fingerprint density at radius 2 is 1.58 bits per heavy atom. The summed E-state index contributed by atoms with van der Waals surface area (Å²) < 4.78 is 3.08. The summed E-state index contributed by atoms with van der Waals surface area (Å²) in [5.41, 5.74) is 5.66. The van der Waals surface area contributed by atoms with Gasteiger partial charge in [0.15, 0.2) is 0 Å². The lowest BCUT2D eigenvalue weighted by molar-refractivity contribution is -0.119. The average Bonchev–Trinajstić information content (AvgIpc) is 3.62. The van der Waals surface area contributed by atoms with Gasteiger partial charge in [-0.05, 0) is 73.9 Å². The van der Waals surface area contributed by atoms with E-state index in [0.29, 0.717) is 5.56 Å². The summed E-state index contributed by atoms with van der Waals surface area (Å²) in [5.74, 6) is -0.184. The maximum Gasteiger partial charge on any atom is 0.254 e. The minimum atomic E-state index is -0.285. The Hall–Kier alpha value is -3.64. The van der Waals surface area contributed by atoms with Crippen molar-refractivity contribution in [3.8, 4) is 5.69 Å². The standard InChI is InChI=1S/C30H26BrN3O2/c1-20-8-10-21(11-9-20)29-27-7-4-18-32(27)25-5-2-3-6-26(25)34(29)28(35)19-33(24-16-17-24)30(36)22-12-14-23(31)15-13-22/h2-15,18,24,29H,16-17,19H2,1H3. The summed E-state index contributed by atoms with van der Waals surface area (Å²) in [6.45, 7) is 2.10. The second kappa shape index (κ2) is 9.10. The van der Waals surface area contributed by atoms with Gasteiger partial charge in [-0.15, -0.1) is 0 Å². The molecule has 1 aliphatic carbocycles. The maximum atomic E-state index is 14.2. The molecule has 1 aliphatic heterocycles. The summed E-state index contributed by atoms with van der Waals surface area (Å²) in [6.07, 6.45) is 3.90. The van der Waals surface area contributed by atoms with Crippen LogP contribution in [0.5, 0.6) is 0 Å². The largest absolute Gasteiger partial charge is 0.326 e. The number of rotatable bonds is 5. The first kappa shape index (κ1) is 22.8. The Balaban J connectivity index is 1.40. The number of aromatic nitrogens is 1. The van der Waals surface area contributed by atoms with Crippen LogP contribution in [0.4, 0.5) is 5.69 Å². The Morgan fingerprint density at radius 3 is 2.28 bits per heavy atom. The molecular formula is C30H26BrN3O2. The minimum absolute atomic E-state index is 0.0387. The molecule has 1 saturated carbocycles. The first-order chi connectivity index (χ1) is 17.5. The van der Waals surface area contributed by atoms with Crippen molar-refractivity contribution in [2.75, 3.05) is 11.4 Å². The molecule has 4 aromatic rings. The van der Waals surface area contributed by atoms with Gasteiger partial charge in [-0.25, -0.2) is 0 Å². The van der Waals surface area contributed by atoms with E-state index in [4.69, 9.17) is 0 Å². The zero-order valence-electron chi connectivity index (χ0n) is 20.0. The van der Waals surface area contributed by atoms with Crippen LogP contribution < -0.4 is 4.90 Å². The van der Waals surface area contributed by atoms with Gasteiger partial charge in [0.05, 0.1) is 17.1 Å². The van der Waals surface area contributed by atoms with Crippen molar-refractivity contribution in [2.45, 2.75) is 31.8 Å². The number of fused-ring (bicyclic) bond motifs is 3. The van der Waals surface area contributed by atoms with Crippen LogP contribution in [0.25, 0.3) is 5.69 Å². The molecule has 0 bridgehead atoms. The highest BCUT2D eigenvalue weighted by atomic mass is 79.9. The summed E-state index contributed by atoms with van der Waals surface area (Å²) >= 11 is 3.44. The van der Waals surface area contributed by atoms with Crippen LogP contribution in [0.3, 0.4) is 0 Å². The molecule has 36 heavy (non-hydrogen) atoms. The topological polar surface area (TPSA) is 45.6 Å². The quantitative estimate of drug-likeness (QED) is 0.299. The average molecular weight is 540 g/mol. The highest BCUT2D eigenvalue weighted by molar-refractivity contribution is 9.10.